The lowest BCUT2D eigenvalue weighted by molar-refractivity contribution is 0.210. The lowest BCUT2D eigenvalue weighted by Crippen LogP contribution is -2.41. The maximum Gasteiger partial charge on any atom is 0.288 e. The van der Waals surface area contributed by atoms with Crippen LogP contribution in [-0.2, 0) is 11.2 Å². The molecule has 2 aromatic rings. The number of amidine groups is 1. The van der Waals surface area contributed by atoms with Gasteiger partial charge in [0.05, 0.1) is 12.1 Å². The van der Waals surface area contributed by atoms with Crippen LogP contribution >= 0.6 is 0 Å². The van der Waals surface area contributed by atoms with Crippen LogP contribution in [0.3, 0.4) is 0 Å². The van der Waals surface area contributed by atoms with Gasteiger partial charge in [0, 0.05) is 13.1 Å². The van der Waals surface area contributed by atoms with Crippen LogP contribution in [0.15, 0.2) is 47.5 Å². The molecule has 174 valence electrons. The van der Waals surface area contributed by atoms with Crippen molar-refractivity contribution in [3.05, 3.63) is 70.5 Å². The van der Waals surface area contributed by atoms with E-state index in [2.05, 4.69) is 41.4 Å². The minimum absolute atomic E-state index is 0.0165. The number of nitrogens with one attached hydrogen (secondary N) is 1. The summed E-state index contributed by atoms with van der Waals surface area (Å²) in [6, 6.07) is 15.2. The van der Waals surface area contributed by atoms with Crippen molar-refractivity contribution < 1.29 is 9.13 Å². The van der Waals surface area contributed by atoms with Crippen LogP contribution in [0.5, 0.6) is 0 Å². The quantitative estimate of drug-likeness (QED) is 0.713. The van der Waals surface area contributed by atoms with Gasteiger partial charge in [-0.3, -0.25) is 0 Å². The Hall–Kier alpha value is -2.40. The second-order valence-corrected chi connectivity index (χ2v) is 10.2. The summed E-state index contributed by atoms with van der Waals surface area (Å²) in [5.74, 6) is 1.52. The second-order valence-electron chi connectivity index (χ2n) is 10.2. The fourth-order valence-electron chi connectivity index (χ4n) is 6.47. The molecule has 3 heterocycles. The fraction of sp³-hybridized carbons (Fsp3) is 0.536. The van der Waals surface area contributed by atoms with Crippen molar-refractivity contribution in [2.45, 2.75) is 57.0 Å². The van der Waals surface area contributed by atoms with Crippen LogP contribution in [0.2, 0.25) is 0 Å². The van der Waals surface area contributed by atoms with Crippen LogP contribution in [-0.4, -0.2) is 43.2 Å². The van der Waals surface area contributed by atoms with Crippen LogP contribution in [0.25, 0.3) is 0 Å². The van der Waals surface area contributed by atoms with Crippen molar-refractivity contribution in [1.29, 1.82) is 0 Å². The minimum Gasteiger partial charge on any atom is -0.463 e. The smallest absolute Gasteiger partial charge is 0.288 e. The van der Waals surface area contributed by atoms with Crippen molar-refractivity contribution in [3.8, 4) is 0 Å². The Morgan fingerprint density at radius 1 is 1.09 bits per heavy atom. The standard InChI is InChI=1S/C28H34FN3O/c1-2-18-7-9-22(18)25-15-21(29)8-10-24(25)27-23-6-4-3-5-19(23)12-14-32(27)28-31-26(17-33-28)20-11-13-30-16-20/h3-6,8,10,15,18,20,22,26-27,30H,2,7,9,11-14,16-17H2,1H3/t18?,20-,22?,26-,27-/m1/s1. The summed E-state index contributed by atoms with van der Waals surface area (Å²) in [6.45, 7) is 5.90. The first kappa shape index (κ1) is 21.2. The highest BCUT2D eigenvalue weighted by Crippen LogP contribution is 2.48. The number of nitrogens with zero attached hydrogens (tertiary/aromatic N) is 2. The number of aliphatic imine (C=N–C) groups is 1. The topological polar surface area (TPSA) is 36.9 Å². The number of hydrogen-bond acceptors (Lipinski definition) is 4. The van der Waals surface area contributed by atoms with Crippen molar-refractivity contribution in [2.75, 3.05) is 26.2 Å². The summed E-state index contributed by atoms with van der Waals surface area (Å²) < 4.78 is 20.8. The largest absolute Gasteiger partial charge is 0.463 e. The summed E-state index contributed by atoms with van der Waals surface area (Å²) in [4.78, 5) is 7.47. The van der Waals surface area contributed by atoms with E-state index in [0.29, 0.717) is 24.4 Å². The monoisotopic (exact) mass is 447 g/mol. The third kappa shape index (κ3) is 3.74. The molecule has 3 aliphatic heterocycles. The van der Waals surface area contributed by atoms with Gasteiger partial charge in [-0.15, -0.1) is 0 Å². The van der Waals surface area contributed by atoms with Gasteiger partial charge in [-0.05, 0) is 84.4 Å². The SMILES string of the molecule is CCC1CCC1c1cc(F)ccc1[C@H]1c2ccccc2CCN1C1=N[C@@H]([C@@H]2CCNC2)CO1. The van der Waals surface area contributed by atoms with Gasteiger partial charge in [0.15, 0.2) is 0 Å². The average Bonchev–Trinajstić information content (AvgIpc) is 3.51. The normalized spacial score (nSPS) is 31.0. The highest BCUT2D eigenvalue weighted by atomic mass is 19.1. The molecule has 4 nitrogen and oxygen atoms in total. The van der Waals surface area contributed by atoms with Crippen LogP contribution < -0.4 is 5.32 Å². The molecule has 4 aliphatic rings. The first-order valence-corrected chi connectivity index (χ1v) is 12.8. The molecule has 0 amide bonds. The molecule has 0 aromatic heterocycles. The molecule has 2 aromatic carbocycles. The van der Waals surface area contributed by atoms with Gasteiger partial charge in [0.2, 0.25) is 0 Å². The summed E-state index contributed by atoms with van der Waals surface area (Å²) in [5, 5.41) is 3.46. The fourth-order valence-corrected chi connectivity index (χ4v) is 6.47. The van der Waals surface area contributed by atoms with E-state index in [0.717, 1.165) is 44.9 Å². The van der Waals surface area contributed by atoms with Crippen molar-refractivity contribution in [1.82, 2.24) is 10.2 Å². The number of rotatable bonds is 4. The molecular formula is C28H34FN3O. The van der Waals surface area contributed by atoms with Crippen molar-refractivity contribution in [2.24, 2.45) is 16.8 Å². The molecule has 1 saturated heterocycles. The molecule has 2 fully saturated rings. The van der Waals surface area contributed by atoms with Crippen LogP contribution in [0.4, 0.5) is 4.39 Å². The third-order valence-corrected chi connectivity index (χ3v) is 8.52. The first-order valence-electron chi connectivity index (χ1n) is 12.8. The van der Waals surface area contributed by atoms with E-state index in [4.69, 9.17) is 9.73 Å². The Kier molecular flexibility index (Phi) is 5.61. The van der Waals surface area contributed by atoms with Gasteiger partial charge < -0.3 is 15.0 Å². The molecule has 5 heteroatoms. The summed E-state index contributed by atoms with van der Waals surface area (Å²) >= 11 is 0. The highest BCUT2D eigenvalue weighted by molar-refractivity contribution is 5.77. The minimum atomic E-state index is -0.130. The maximum absolute atomic E-state index is 14.5. The van der Waals surface area contributed by atoms with Crippen LogP contribution in [0, 0.1) is 17.7 Å². The maximum atomic E-state index is 14.5. The number of hydrogen-bond donors (Lipinski definition) is 1. The number of fused-ring (bicyclic) bond motifs is 1. The van der Waals surface area contributed by atoms with E-state index in [1.54, 1.807) is 6.07 Å². The summed E-state index contributed by atoms with van der Waals surface area (Å²) in [5.41, 5.74) is 5.10. The van der Waals surface area contributed by atoms with Gasteiger partial charge >= 0.3 is 0 Å². The Bertz CT molecular complexity index is 1050. The molecule has 33 heavy (non-hydrogen) atoms. The number of halogens is 1. The lowest BCUT2D eigenvalue weighted by atomic mass is 9.67. The molecule has 1 N–H and O–H groups in total. The highest BCUT2D eigenvalue weighted by Gasteiger charge is 2.40. The van der Waals surface area contributed by atoms with E-state index in [1.807, 2.05) is 12.1 Å². The Morgan fingerprint density at radius 3 is 2.79 bits per heavy atom. The molecular weight excluding hydrogens is 413 g/mol. The van der Waals surface area contributed by atoms with Gasteiger partial charge in [0.1, 0.15) is 12.4 Å². The predicted molar refractivity (Wildman–Crippen MR) is 129 cm³/mol. The molecule has 6 rings (SSSR count). The molecule has 1 aliphatic carbocycles. The summed E-state index contributed by atoms with van der Waals surface area (Å²) in [7, 11) is 0. The van der Waals surface area contributed by atoms with Crippen molar-refractivity contribution in [3.63, 3.8) is 0 Å². The molecule has 5 atom stereocenters. The zero-order valence-corrected chi connectivity index (χ0v) is 19.5. The zero-order chi connectivity index (χ0) is 22.4. The van der Waals surface area contributed by atoms with E-state index in [-0.39, 0.29) is 17.9 Å². The summed E-state index contributed by atoms with van der Waals surface area (Å²) in [6.07, 6.45) is 5.69. The molecule has 0 radical (unpaired) electrons. The third-order valence-electron chi connectivity index (χ3n) is 8.52. The van der Waals surface area contributed by atoms with Gasteiger partial charge in [-0.1, -0.05) is 43.7 Å². The molecule has 2 unspecified atom stereocenters. The average molecular weight is 448 g/mol. The predicted octanol–water partition coefficient (Wildman–Crippen LogP) is 5.04. The lowest BCUT2D eigenvalue weighted by Gasteiger charge is -2.42. The van der Waals surface area contributed by atoms with E-state index in [1.165, 1.54) is 35.1 Å². The van der Waals surface area contributed by atoms with Gasteiger partial charge in [-0.25, -0.2) is 9.38 Å². The Labute approximate surface area is 196 Å². The van der Waals surface area contributed by atoms with E-state index in [9.17, 15) is 4.39 Å². The molecule has 0 bridgehead atoms. The van der Waals surface area contributed by atoms with Crippen molar-refractivity contribution >= 4 is 6.02 Å². The Morgan fingerprint density at radius 2 is 2.00 bits per heavy atom. The molecule has 1 saturated carbocycles. The second kappa shape index (κ2) is 8.75. The van der Waals surface area contributed by atoms with Crippen LogP contribution in [0.1, 0.15) is 66.8 Å². The van der Waals surface area contributed by atoms with E-state index < -0.39 is 0 Å². The molecule has 0 spiro atoms. The first-order chi connectivity index (χ1) is 16.2. The number of ether oxygens (including phenoxy) is 1. The van der Waals surface area contributed by atoms with Gasteiger partial charge in [-0.2, -0.15) is 0 Å². The number of benzene rings is 2. The van der Waals surface area contributed by atoms with Gasteiger partial charge in [0.25, 0.3) is 6.02 Å². The zero-order valence-electron chi connectivity index (χ0n) is 19.5. The Balaban J connectivity index is 1.42. The van der Waals surface area contributed by atoms with E-state index >= 15 is 0 Å².